The maximum atomic E-state index is 11.6. The minimum Gasteiger partial charge on any atom is -0.450 e. The zero-order chi connectivity index (χ0) is 14.5. The molecule has 7 nitrogen and oxygen atoms in total. The van der Waals surface area contributed by atoms with E-state index < -0.39 is 0 Å². The number of piperidine rings is 1. The molecule has 1 fully saturated rings. The molecule has 20 heavy (non-hydrogen) atoms. The fourth-order valence-electron chi connectivity index (χ4n) is 2.10. The third kappa shape index (κ3) is 3.72. The zero-order valence-electron chi connectivity index (χ0n) is 11.3. The van der Waals surface area contributed by atoms with Crippen molar-refractivity contribution in [2.75, 3.05) is 30.7 Å². The van der Waals surface area contributed by atoms with Crippen molar-refractivity contribution in [3.63, 3.8) is 0 Å². The monoisotopic (exact) mass is 343 g/mol. The van der Waals surface area contributed by atoms with Gasteiger partial charge >= 0.3 is 6.09 Å². The number of nitrogens with one attached hydrogen (secondary N) is 1. The van der Waals surface area contributed by atoms with E-state index in [1.165, 1.54) is 0 Å². The number of halogens is 1. The molecule has 1 aromatic rings. The van der Waals surface area contributed by atoms with Crippen LogP contribution < -0.4 is 11.1 Å². The van der Waals surface area contributed by atoms with Gasteiger partial charge < -0.3 is 20.7 Å². The third-order valence-electron chi connectivity index (χ3n) is 3.13. The largest absolute Gasteiger partial charge is 0.450 e. The maximum Gasteiger partial charge on any atom is 0.409 e. The fraction of sp³-hybridized carbons (Fsp3) is 0.583. The van der Waals surface area contributed by atoms with Crippen molar-refractivity contribution >= 4 is 33.7 Å². The molecule has 8 heteroatoms. The molecule has 0 saturated carbocycles. The van der Waals surface area contributed by atoms with E-state index in [-0.39, 0.29) is 12.1 Å². The lowest BCUT2D eigenvalue weighted by Gasteiger charge is -2.31. The fourth-order valence-corrected chi connectivity index (χ4v) is 2.38. The molecular weight excluding hydrogens is 326 g/mol. The van der Waals surface area contributed by atoms with E-state index in [9.17, 15) is 4.79 Å². The number of ether oxygens (including phenoxy) is 1. The standard InChI is InChI=1S/C12H18BrN5O2/c1-2-20-12(19)18-5-3-8(4-6-18)16-11-10(14)15-7-9(13)17-11/h7-8H,2-6H2,1H3,(H2,14,15)(H,16,17). The van der Waals surface area contributed by atoms with Crippen LogP contribution in [0.25, 0.3) is 0 Å². The first-order valence-corrected chi connectivity index (χ1v) is 7.35. The summed E-state index contributed by atoms with van der Waals surface area (Å²) >= 11 is 3.27. The lowest BCUT2D eigenvalue weighted by Crippen LogP contribution is -2.42. The Morgan fingerprint density at radius 3 is 2.95 bits per heavy atom. The van der Waals surface area contributed by atoms with Crippen LogP contribution in [0.4, 0.5) is 16.4 Å². The van der Waals surface area contributed by atoms with Crippen LogP contribution in [0.5, 0.6) is 0 Å². The summed E-state index contributed by atoms with van der Waals surface area (Å²) in [6, 6.07) is 0.228. The van der Waals surface area contributed by atoms with Gasteiger partial charge in [-0.05, 0) is 35.7 Å². The Kier molecular flexibility index (Phi) is 4.99. The Morgan fingerprint density at radius 1 is 1.60 bits per heavy atom. The molecule has 0 bridgehead atoms. The van der Waals surface area contributed by atoms with E-state index in [1.54, 1.807) is 18.0 Å². The summed E-state index contributed by atoms with van der Waals surface area (Å²) in [6.45, 7) is 3.54. The molecule has 0 aliphatic carbocycles. The number of aromatic nitrogens is 2. The molecule has 0 spiro atoms. The van der Waals surface area contributed by atoms with Crippen LogP contribution in [0.3, 0.4) is 0 Å². The van der Waals surface area contributed by atoms with Gasteiger partial charge in [0.05, 0.1) is 12.8 Å². The number of carbonyl (C=O) groups excluding carboxylic acids is 1. The van der Waals surface area contributed by atoms with Crippen LogP contribution in [-0.4, -0.2) is 46.7 Å². The zero-order valence-corrected chi connectivity index (χ0v) is 12.9. The van der Waals surface area contributed by atoms with Gasteiger partial charge in [-0.1, -0.05) is 0 Å². The molecule has 0 aromatic carbocycles. The summed E-state index contributed by atoms with van der Waals surface area (Å²) in [5.41, 5.74) is 5.78. The highest BCUT2D eigenvalue weighted by atomic mass is 79.9. The molecule has 3 N–H and O–H groups in total. The number of nitrogen functional groups attached to an aromatic ring is 1. The molecule has 1 aliphatic rings. The van der Waals surface area contributed by atoms with Crippen molar-refractivity contribution < 1.29 is 9.53 Å². The lowest BCUT2D eigenvalue weighted by molar-refractivity contribution is 0.0983. The number of nitrogens with zero attached hydrogens (tertiary/aromatic N) is 3. The molecule has 0 radical (unpaired) electrons. The summed E-state index contributed by atoms with van der Waals surface area (Å²) in [4.78, 5) is 21.6. The number of likely N-dealkylation sites (tertiary alicyclic amines) is 1. The number of nitrogens with two attached hydrogens (primary N) is 1. The SMILES string of the molecule is CCOC(=O)N1CCC(Nc2nc(Br)cnc2N)CC1. The number of hydrogen-bond acceptors (Lipinski definition) is 6. The molecule has 110 valence electrons. The van der Waals surface area contributed by atoms with Gasteiger partial charge in [0.15, 0.2) is 11.6 Å². The number of rotatable bonds is 3. The minimum atomic E-state index is -0.243. The summed E-state index contributed by atoms with van der Waals surface area (Å²) in [5, 5.41) is 3.27. The molecule has 1 aliphatic heterocycles. The van der Waals surface area contributed by atoms with E-state index in [2.05, 4.69) is 31.2 Å². The first-order valence-electron chi connectivity index (χ1n) is 6.56. The van der Waals surface area contributed by atoms with Crippen molar-refractivity contribution in [2.24, 2.45) is 0 Å². The second kappa shape index (κ2) is 6.74. The van der Waals surface area contributed by atoms with E-state index in [0.29, 0.717) is 35.9 Å². The van der Waals surface area contributed by atoms with Gasteiger partial charge in [0.1, 0.15) is 4.60 Å². The van der Waals surface area contributed by atoms with Crippen LogP contribution >= 0.6 is 15.9 Å². The van der Waals surface area contributed by atoms with Crippen LogP contribution in [0, 0.1) is 0 Å². The van der Waals surface area contributed by atoms with Crippen LogP contribution in [0.2, 0.25) is 0 Å². The van der Waals surface area contributed by atoms with Gasteiger partial charge in [0, 0.05) is 19.1 Å². The number of amides is 1. The van der Waals surface area contributed by atoms with Crippen molar-refractivity contribution in [2.45, 2.75) is 25.8 Å². The summed E-state index contributed by atoms with van der Waals surface area (Å²) in [5.74, 6) is 0.954. The van der Waals surface area contributed by atoms with Crippen molar-refractivity contribution in [1.29, 1.82) is 0 Å². The van der Waals surface area contributed by atoms with Gasteiger partial charge in [0.25, 0.3) is 0 Å². The van der Waals surface area contributed by atoms with E-state index >= 15 is 0 Å². The minimum absolute atomic E-state index is 0.228. The topological polar surface area (TPSA) is 93.4 Å². The van der Waals surface area contributed by atoms with Crippen LogP contribution in [-0.2, 0) is 4.74 Å². The van der Waals surface area contributed by atoms with E-state index in [1.807, 2.05) is 0 Å². The Bertz CT molecular complexity index is 477. The molecule has 2 rings (SSSR count). The van der Waals surface area contributed by atoms with Gasteiger partial charge in [-0.25, -0.2) is 14.8 Å². The Hall–Kier alpha value is -1.57. The summed E-state index contributed by atoms with van der Waals surface area (Å²) < 4.78 is 5.62. The number of carbonyl (C=O) groups is 1. The maximum absolute atomic E-state index is 11.6. The average molecular weight is 344 g/mol. The average Bonchev–Trinajstić information content (AvgIpc) is 2.44. The molecule has 1 saturated heterocycles. The Morgan fingerprint density at radius 2 is 2.30 bits per heavy atom. The molecule has 0 atom stereocenters. The van der Waals surface area contributed by atoms with Crippen molar-refractivity contribution in [1.82, 2.24) is 14.9 Å². The molecule has 1 aromatic heterocycles. The highest BCUT2D eigenvalue weighted by Gasteiger charge is 2.24. The second-order valence-electron chi connectivity index (χ2n) is 4.53. The molecule has 0 unspecified atom stereocenters. The summed E-state index contributed by atoms with van der Waals surface area (Å²) in [6.07, 6.45) is 2.97. The Labute approximate surface area is 126 Å². The van der Waals surface area contributed by atoms with Crippen molar-refractivity contribution in [3.8, 4) is 0 Å². The van der Waals surface area contributed by atoms with Gasteiger partial charge in [-0.3, -0.25) is 0 Å². The first kappa shape index (κ1) is 14.8. The molecule has 2 heterocycles. The molecular formula is C12H18BrN5O2. The number of anilines is 2. The van der Waals surface area contributed by atoms with Gasteiger partial charge in [-0.2, -0.15) is 0 Å². The van der Waals surface area contributed by atoms with Gasteiger partial charge in [0.2, 0.25) is 0 Å². The second-order valence-corrected chi connectivity index (χ2v) is 5.34. The highest BCUT2D eigenvalue weighted by molar-refractivity contribution is 9.10. The molecule has 1 amide bonds. The van der Waals surface area contributed by atoms with Crippen LogP contribution in [0.1, 0.15) is 19.8 Å². The van der Waals surface area contributed by atoms with E-state index in [4.69, 9.17) is 10.5 Å². The number of hydrogen-bond donors (Lipinski definition) is 2. The van der Waals surface area contributed by atoms with Crippen molar-refractivity contribution in [3.05, 3.63) is 10.8 Å². The van der Waals surface area contributed by atoms with Crippen LogP contribution in [0.15, 0.2) is 10.8 Å². The highest BCUT2D eigenvalue weighted by Crippen LogP contribution is 2.20. The third-order valence-corrected chi connectivity index (χ3v) is 3.52. The first-order chi connectivity index (χ1) is 9.60. The van der Waals surface area contributed by atoms with Gasteiger partial charge in [-0.15, -0.1) is 0 Å². The Balaban J connectivity index is 1.88. The predicted molar refractivity (Wildman–Crippen MR) is 79.4 cm³/mol. The predicted octanol–water partition coefficient (Wildman–Crippen LogP) is 1.85. The smallest absolute Gasteiger partial charge is 0.409 e. The normalized spacial score (nSPS) is 16.0. The quantitative estimate of drug-likeness (QED) is 0.869. The lowest BCUT2D eigenvalue weighted by atomic mass is 10.1. The summed E-state index contributed by atoms with van der Waals surface area (Å²) in [7, 11) is 0. The van der Waals surface area contributed by atoms with E-state index in [0.717, 1.165) is 12.8 Å².